The number of nitrogens with zero attached hydrogens (tertiary/aromatic N) is 2. The van der Waals surface area contributed by atoms with Crippen molar-refractivity contribution in [3.63, 3.8) is 0 Å². The van der Waals surface area contributed by atoms with E-state index in [9.17, 15) is 0 Å². The summed E-state index contributed by atoms with van der Waals surface area (Å²) in [5, 5.41) is 10.9. The van der Waals surface area contributed by atoms with E-state index < -0.39 is 0 Å². The minimum atomic E-state index is 0.663. The summed E-state index contributed by atoms with van der Waals surface area (Å²) in [5.41, 5.74) is 0.663. The molecule has 0 fully saturated rings. The molecule has 1 heterocycles. The van der Waals surface area contributed by atoms with E-state index in [1.165, 1.54) is 4.88 Å². The third-order valence-electron chi connectivity index (χ3n) is 3.26. The number of nitriles is 1. The lowest BCUT2D eigenvalue weighted by Crippen LogP contribution is -2.23. The first kappa shape index (κ1) is 15.6. The standard InChI is InChI=1S/C17H20N2OS/c1-19(11-9-17-4-2-13-21-17)10-3-12-20-16-7-5-15(14-18)6-8-16/h2,4-8,13H,3,9-12H2,1H3. The minimum absolute atomic E-state index is 0.663. The smallest absolute Gasteiger partial charge is 0.119 e. The second-order valence-electron chi connectivity index (χ2n) is 4.97. The van der Waals surface area contributed by atoms with Crippen molar-refractivity contribution in [3.05, 3.63) is 52.2 Å². The lowest BCUT2D eigenvalue weighted by atomic mass is 10.2. The van der Waals surface area contributed by atoms with Crippen LogP contribution in [0.5, 0.6) is 5.75 Å². The van der Waals surface area contributed by atoms with Crippen LogP contribution in [-0.2, 0) is 6.42 Å². The van der Waals surface area contributed by atoms with Gasteiger partial charge in [0.25, 0.3) is 0 Å². The lowest BCUT2D eigenvalue weighted by Gasteiger charge is -2.16. The average molecular weight is 300 g/mol. The number of likely N-dealkylation sites (N-methyl/N-ethyl adjacent to an activating group) is 1. The van der Waals surface area contributed by atoms with Gasteiger partial charge in [0.2, 0.25) is 0 Å². The van der Waals surface area contributed by atoms with Crippen molar-refractivity contribution in [2.75, 3.05) is 26.7 Å². The van der Waals surface area contributed by atoms with Crippen LogP contribution < -0.4 is 4.74 Å². The molecule has 2 rings (SSSR count). The zero-order valence-electron chi connectivity index (χ0n) is 12.3. The van der Waals surface area contributed by atoms with Crippen molar-refractivity contribution >= 4 is 11.3 Å². The van der Waals surface area contributed by atoms with Crippen LogP contribution in [0.25, 0.3) is 0 Å². The summed E-state index contributed by atoms with van der Waals surface area (Å²) >= 11 is 1.82. The SMILES string of the molecule is CN(CCCOc1ccc(C#N)cc1)CCc1cccs1. The van der Waals surface area contributed by atoms with E-state index >= 15 is 0 Å². The highest BCUT2D eigenvalue weighted by molar-refractivity contribution is 7.09. The molecular formula is C17H20N2OS. The molecule has 0 saturated heterocycles. The highest BCUT2D eigenvalue weighted by Crippen LogP contribution is 2.12. The molecule has 1 aromatic heterocycles. The van der Waals surface area contributed by atoms with Gasteiger partial charge in [-0.3, -0.25) is 0 Å². The first-order valence-electron chi connectivity index (χ1n) is 7.12. The van der Waals surface area contributed by atoms with Crippen LogP contribution in [0.2, 0.25) is 0 Å². The molecule has 0 saturated carbocycles. The summed E-state index contributed by atoms with van der Waals surface area (Å²) in [7, 11) is 2.15. The third kappa shape index (κ3) is 5.58. The Balaban J connectivity index is 1.59. The third-order valence-corrected chi connectivity index (χ3v) is 4.19. The van der Waals surface area contributed by atoms with Gasteiger partial charge in [-0.25, -0.2) is 0 Å². The number of benzene rings is 1. The molecule has 1 aromatic carbocycles. The lowest BCUT2D eigenvalue weighted by molar-refractivity contribution is 0.264. The van der Waals surface area contributed by atoms with Gasteiger partial charge in [0, 0.05) is 18.0 Å². The second-order valence-corrected chi connectivity index (χ2v) is 6.00. The van der Waals surface area contributed by atoms with E-state index in [0.717, 1.165) is 31.7 Å². The molecule has 0 aliphatic rings. The normalized spacial score (nSPS) is 10.5. The molecule has 0 unspecified atom stereocenters. The van der Waals surface area contributed by atoms with Crippen LogP contribution in [0.4, 0.5) is 0 Å². The molecular weight excluding hydrogens is 280 g/mol. The molecule has 3 nitrogen and oxygen atoms in total. The summed E-state index contributed by atoms with van der Waals surface area (Å²) in [6.07, 6.45) is 2.12. The summed E-state index contributed by atoms with van der Waals surface area (Å²) in [6.45, 7) is 2.81. The van der Waals surface area contributed by atoms with Crippen molar-refractivity contribution in [1.82, 2.24) is 4.90 Å². The largest absolute Gasteiger partial charge is 0.494 e. The van der Waals surface area contributed by atoms with Crippen LogP contribution in [-0.4, -0.2) is 31.6 Å². The number of hydrogen-bond acceptors (Lipinski definition) is 4. The quantitative estimate of drug-likeness (QED) is 0.699. The van der Waals surface area contributed by atoms with E-state index in [-0.39, 0.29) is 0 Å². The van der Waals surface area contributed by atoms with Gasteiger partial charge in [-0.15, -0.1) is 11.3 Å². The van der Waals surface area contributed by atoms with Crippen molar-refractivity contribution in [1.29, 1.82) is 5.26 Å². The fourth-order valence-corrected chi connectivity index (χ4v) is 2.72. The van der Waals surface area contributed by atoms with Crippen LogP contribution >= 0.6 is 11.3 Å². The Morgan fingerprint density at radius 3 is 2.67 bits per heavy atom. The van der Waals surface area contributed by atoms with Gasteiger partial charge in [0.1, 0.15) is 5.75 Å². The van der Waals surface area contributed by atoms with Crippen molar-refractivity contribution in [2.45, 2.75) is 12.8 Å². The van der Waals surface area contributed by atoms with Crippen LogP contribution in [0, 0.1) is 11.3 Å². The van der Waals surface area contributed by atoms with Crippen LogP contribution in [0.3, 0.4) is 0 Å². The summed E-state index contributed by atoms with van der Waals surface area (Å²) < 4.78 is 5.67. The first-order valence-corrected chi connectivity index (χ1v) is 8.00. The maximum atomic E-state index is 8.73. The van der Waals surface area contributed by atoms with Gasteiger partial charge in [0.15, 0.2) is 0 Å². The molecule has 0 atom stereocenters. The molecule has 0 bridgehead atoms. The Labute approximate surface area is 130 Å². The number of ether oxygens (including phenoxy) is 1. The second kappa shape index (κ2) is 8.46. The van der Waals surface area contributed by atoms with Gasteiger partial charge in [-0.1, -0.05) is 6.07 Å². The summed E-state index contributed by atoms with van der Waals surface area (Å²) in [4.78, 5) is 3.78. The average Bonchev–Trinajstić information content (AvgIpc) is 3.03. The fourth-order valence-electron chi connectivity index (χ4n) is 2.02. The van der Waals surface area contributed by atoms with Crippen LogP contribution in [0.1, 0.15) is 16.9 Å². The summed E-state index contributed by atoms with van der Waals surface area (Å²) in [6, 6.07) is 13.6. The minimum Gasteiger partial charge on any atom is -0.494 e. The Morgan fingerprint density at radius 2 is 2.00 bits per heavy atom. The molecule has 4 heteroatoms. The van der Waals surface area contributed by atoms with Crippen LogP contribution in [0.15, 0.2) is 41.8 Å². The number of hydrogen-bond donors (Lipinski definition) is 0. The molecule has 0 amide bonds. The van der Waals surface area contributed by atoms with Crippen molar-refractivity contribution in [3.8, 4) is 11.8 Å². The Kier molecular flexibility index (Phi) is 6.26. The van der Waals surface area contributed by atoms with E-state index in [1.54, 1.807) is 12.1 Å². The molecule has 110 valence electrons. The maximum absolute atomic E-state index is 8.73. The number of thiophene rings is 1. The highest BCUT2D eigenvalue weighted by atomic mass is 32.1. The molecule has 0 aliphatic heterocycles. The monoisotopic (exact) mass is 300 g/mol. The highest BCUT2D eigenvalue weighted by Gasteiger charge is 2.01. The zero-order valence-corrected chi connectivity index (χ0v) is 13.1. The van der Waals surface area contributed by atoms with E-state index in [2.05, 4.69) is 35.5 Å². The van der Waals surface area contributed by atoms with Gasteiger partial charge < -0.3 is 9.64 Å². The predicted molar refractivity (Wildman–Crippen MR) is 86.8 cm³/mol. The fraction of sp³-hybridized carbons (Fsp3) is 0.353. The van der Waals surface area contributed by atoms with Gasteiger partial charge >= 0.3 is 0 Å². The zero-order chi connectivity index (χ0) is 14.9. The molecule has 0 aliphatic carbocycles. The molecule has 0 spiro atoms. The maximum Gasteiger partial charge on any atom is 0.119 e. The van der Waals surface area contributed by atoms with Gasteiger partial charge in [-0.2, -0.15) is 5.26 Å². The molecule has 0 N–H and O–H groups in total. The predicted octanol–water partition coefficient (Wildman–Crippen LogP) is 3.56. The molecule has 0 radical (unpaired) electrons. The van der Waals surface area contributed by atoms with Gasteiger partial charge in [0.05, 0.1) is 18.2 Å². The summed E-state index contributed by atoms with van der Waals surface area (Å²) in [5.74, 6) is 0.829. The van der Waals surface area contributed by atoms with Crippen molar-refractivity contribution < 1.29 is 4.74 Å². The van der Waals surface area contributed by atoms with Gasteiger partial charge in [-0.05, 0) is 55.6 Å². The Hall–Kier alpha value is -1.83. The number of rotatable bonds is 8. The van der Waals surface area contributed by atoms with Crippen molar-refractivity contribution in [2.24, 2.45) is 0 Å². The first-order chi connectivity index (χ1) is 10.3. The Bertz CT molecular complexity index is 557. The molecule has 2 aromatic rings. The Morgan fingerprint density at radius 1 is 1.19 bits per heavy atom. The topological polar surface area (TPSA) is 36.3 Å². The molecule has 21 heavy (non-hydrogen) atoms. The van der Waals surface area contributed by atoms with E-state index in [0.29, 0.717) is 12.2 Å². The van der Waals surface area contributed by atoms with E-state index in [4.69, 9.17) is 10.00 Å². The van der Waals surface area contributed by atoms with E-state index in [1.807, 2.05) is 23.5 Å².